The summed E-state index contributed by atoms with van der Waals surface area (Å²) >= 11 is 0. The summed E-state index contributed by atoms with van der Waals surface area (Å²) in [5.41, 5.74) is 0.0261. The van der Waals surface area contributed by atoms with Crippen LogP contribution in [-0.4, -0.2) is 22.7 Å². The Hall–Kier alpha value is -2.50. The third kappa shape index (κ3) is 1.80. The number of halogens is 1. The van der Waals surface area contributed by atoms with E-state index in [2.05, 4.69) is 0 Å². The van der Waals surface area contributed by atoms with Gasteiger partial charge in [-0.3, -0.25) is 9.69 Å². The monoisotopic (exact) mass is 277 g/mol. The van der Waals surface area contributed by atoms with Gasteiger partial charge < -0.3 is 14.6 Å². The average Bonchev–Trinajstić information content (AvgIpc) is 2.97. The summed E-state index contributed by atoms with van der Waals surface area (Å²) in [6.45, 7) is 0.399. The second kappa shape index (κ2) is 4.56. The van der Waals surface area contributed by atoms with Gasteiger partial charge in [0.05, 0.1) is 5.56 Å². The maximum Gasteiger partial charge on any atom is 0.249 e. The largest absolute Gasteiger partial charge is 0.502 e. The number of hydrogen-bond donors (Lipinski definition) is 2. The van der Waals surface area contributed by atoms with Crippen LogP contribution in [0.5, 0.6) is 11.5 Å². The highest BCUT2D eigenvalue weighted by molar-refractivity contribution is 5.96. The molecule has 20 heavy (non-hydrogen) atoms. The smallest absolute Gasteiger partial charge is 0.249 e. The summed E-state index contributed by atoms with van der Waals surface area (Å²) in [4.78, 5) is 12.9. The molecular formula is C14H12FNO4. The molecule has 104 valence electrons. The van der Waals surface area contributed by atoms with E-state index in [1.54, 1.807) is 6.07 Å². The fraction of sp³-hybridized carbons (Fsp3) is 0.214. The van der Waals surface area contributed by atoms with Crippen LogP contribution < -0.4 is 4.90 Å². The summed E-state index contributed by atoms with van der Waals surface area (Å²) in [6, 6.07) is 5.72. The second-order valence-electron chi connectivity index (χ2n) is 4.56. The Balaban J connectivity index is 2.11. The Bertz CT molecular complexity index is 680. The second-order valence-corrected chi connectivity index (χ2v) is 4.56. The molecule has 1 aromatic heterocycles. The normalized spacial score (nSPS) is 15.1. The van der Waals surface area contributed by atoms with Gasteiger partial charge in [-0.1, -0.05) is 12.1 Å². The maximum absolute atomic E-state index is 13.7. The number of rotatable bonds is 2. The van der Waals surface area contributed by atoms with E-state index in [0.717, 1.165) is 0 Å². The molecule has 2 N–H and O–H groups in total. The molecule has 3 rings (SSSR count). The Morgan fingerprint density at radius 2 is 1.95 bits per heavy atom. The van der Waals surface area contributed by atoms with Gasteiger partial charge in [-0.15, -0.1) is 0 Å². The summed E-state index contributed by atoms with van der Waals surface area (Å²) in [7, 11) is 0. The molecule has 0 aliphatic carbocycles. The highest BCUT2D eigenvalue weighted by Crippen LogP contribution is 2.48. The number of amides is 1. The van der Waals surface area contributed by atoms with Crippen LogP contribution in [0.3, 0.4) is 0 Å². The molecular weight excluding hydrogens is 265 g/mol. The van der Waals surface area contributed by atoms with Gasteiger partial charge in [-0.2, -0.15) is 0 Å². The number of carbonyl (C=O) groups is 1. The number of benzene rings is 1. The van der Waals surface area contributed by atoms with Gasteiger partial charge in [0.15, 0.2) is 5.76 Å². The molecule has 1 aromatic carbocycles. The average molecular weight is 277 g/mol. The standard InChI is InChI=1S/C14H12FNO4/c15-9-5-2-1-4-8(9)13-11(18)12(19)14(20-13)16-7-3-6-10(16)17/h1-2,4-5,18-19H,3,6-7H2. The van der Waals surface area contributed by atoms with Gasteiger partial charge in [0.25, 0.3) is 0 Å². The van der Waals surface area contributed by atoms with Crippen LogP contribution in [-0.2, 0) is 4.79 Å². The summed E-state index contributed by atoms with van der Waals surface area (Å²) in [6.07, 6.45) is 1.00. The summed E-state index contributed by atoms with van der Waals surface area (Å²) < 4.78 is 19.0. The van der Waals surface area contributed by atoms with Gasteiger partial charge in [-0.05, 0) is 18.6 Å². The highest BCUT2D eigenvalue weighted by Gasteiger charge is 2.31. The first-order chi connectivity index (χ1) is 9.59. The van der Waals surface area contributed by atoms with Gasteiger partial charge in [0, 0.05) is 13.0 Å². The topological polar surface area (TPSA) is 73.9 Å². The first-order valence-electron chi connectivity index (χ1n) is 6.19. The molecule has 1 saturated heterocycles. The number of carbonyl (C=O) groups excluding carboxylic acids is 1. The molecule has 1 amide bonds. The molecule has 0 unspecified atom stereocenters. The summed E-state index contributed by atoms with van der Waals surface area (Å²) in [5, 5.41) is 19.8. The lowest BCUT2D eigenvalue weighted by atomic mass is 10.1. The molecule has 0 spiro atoms. The first-order valence-corrected chi connectivity index (χ1v) is 6.19. The van der Waals surface area contributed by atoms with Crippen LogP contribution in [0.25, 0.3) is 11.3 Å². The maximum atomic E-state index is 13.7. The molecule has 1 fully saturated rings. The van der Waals surface area contributed by atoms with E-state index in [-0.39, 0.29) is 23.1 Å². The number of aromatic hydroxyl groups is 2. The van der Waals surface area contributed by atoms with Crippen LogP contribution >= 0.6 is 0 Å². The predicted molar refractivity (Wildman–Crippen MR) is 69.0 cm³/mol. The van der Waals surface area contributed by atoms with Crippen molar-refractivity contribution in [1.82, 2.24) is 0 Å². The molecule has 2 aromatic rings. The van der Waals surface area contributed by atoms with Gasteiger partial charge in [-0.25, -0.2) is 4.39 Å². The molecule has 0 bridgehead atoms. The SMILES string of the molecule is O=C1CCCN1c1oc(-c2ccccc2F)c(O)c1O. The molecule has 0 radical (unpaired) electrons. The number of furan rings is 1. The zero-order valence-electron chi connectivity index (χ0n) is 10.5. The van der Waals surface area contributed by atoms with Gasteiger partial charge in [0.1, 0.15) is 5.82 Å². The van der Waals surface area contributed by atoms with Gasteiger partial charge in [0.2, 0.25) is 23.3 Å². The Kier molecular flexibility index (Phi) is 2.85. The molecule has 1 aliphatic heterocycles. The van der Waals surface area contributed by atoms with Crippen molar-refractivity contribution in [3.63, 3.8) is 0 Å². The lowest BCUT2D eigenvalue weighted by molar-refractivity contribution is -0.117. The Morgan fingerprint density at radius 3 is 2.60 bits per heavy atom. The quantitative estimate of drug-likeness (QED) is 0.885. The van der Waals surface area contributed by atoms with Crippen molar-refractivity contribution in [3.05, 3.63) is 30.1 Å². The minimum atomic E-state index is -0.587. The van der Waals surface area contributed by atoms with Crippen LogP contribution in [0.4, 0.5) is 10.3 Å². The van der Waals surface area contributed by atoms with Crippen molar-refractivity contribution in [3.8, 4) is 22.8 Å². The van der Waals surface area contributed by atoms with E-state index in [4.69, 9.17) is 4.42 Å². The van der Waals surface area contributed by atoms with Crippen molar-refractivity contribution < 1.29 is 23.8 Å². The lowest BCUT2D eigenvalue weighted by Gasteiger charge is -2.11. The van der Waals surface area contributed by atoms with Crippen molar-refractivity contribution in [2.45, 2.75) is 12.8 Å². The van der Waals surface area contributed by atoms with Gasteiger partial charge >= 0.3 is 0 Å². The van der Waals surface area contributed by atoms with Crippen LogP contribution in [0.1, 0.15) is 12.8 Å². The van der Waals surface area contributed by atoms with Crippen LogP contribution in [0, 0.1) is 5.82 Å². The van der Waals surface area contributed by atoms with Crippen molar-refractivity contribution in [2.24, 2.45) is 0 Å². The first kappa shape index (κ1) is 12.5. The van der Waals surface area contributed by atoms with E-state index in [0.29, 0.717) is 19.4 Å². The minimum absolute atomic E-state index is 0.0261. The molecule has 0 atom stereocenters. The lowest BCUT2D eigenvalue weighted by Crippen LogP contribution is -2.23. The van der Waals surface area contributed by atoms with E-state index >= 15 is 0 Å². The van der Waals surface area contributed by atoms with Crippen LogP contribution in [0.2, 0.25) is 0 Å². The molecule has 1 aliphatic rings. The highest BCUT2D eigenvalue weighted by atomic mass is 19.1. The van der Waals surface area contributed by atoms with E-state index in [9.17, 15) is 19.4 Å². The molecule has 0 saturated carbocycles. The van der Waals surface area contributed by atoms with E-state index in [1.165, 1.54) is 23.1 Å². The third-order valence-electron chi connectivity index (χ3n) is 3.28. The zero-order valence-corrected chi connectivity index (χ0v) is 10.5. The van der Waals surface area contributed by atoms with Crippen molar-refractivity contribution >= 4 is 11.8 Å². The van der Waals surface area contributed by atoms with Crippen molar-refractivity contribution in [2.75, 3.05) is 11.4 Å². The minimum Gasteiger partial charge on any atom is -0.502 e. The van der Waals surface area contributed by atoms with Crippen molar-refractivity contribution in [1.29, 1.82) is 0 Å². The van der Waals surface area contributed by atoms with Crippen LogP contribution in [0.15, 0.2) is 28.7 Å². The summed E-state index contributed by atoms with van der Waals surface area (Å²) in [5.74, 6) is -2.22. The Labute approximate surface area is 113 Å². The zero-order chi connectivity index (χ0) is 14.3. The Morgan fingerprint density at radius 1 is 1.20 bits per heavy atom. The predicted octanol–water partition coefficient (Wildman–Crippen LogP) is 2.62. The number of nitrogens with zero attached hydrogens (tertiary/aromatic N) is 1. The number of anilines is 1. The molecule has 5 nitrogen and oxygen atoms in total. The fourth-order valence-corrected chi connectivity index (χ4v) is 2.28. The molecule has 2 heterocycles. The van der Waals surface area contributed by atoms with E-state index in [1.807, 2.05) is 0 Å². The third-order valence-corrected chi connectivity index (χ3v) is 3.28. The molecule has 6 heteroatoms. The van der Waals surface area contributed by atoms with E-state index < -0.39 is 17.3 Å². The fourth-order valence-electron chi connectivity index (χ4n) is 2.28. The number of hydrogen-bond acceptors (Lipinski definition) is 4.